The molecule has 2 rings (SSSR count). The Kier molecular flexibility index (Phi) is 5.08. The molecule has 1 aliphatic heterocycles. The second-order valence-electron chi connectivity index (χ2n) is 4.78. The summed E-state index contributed by atoms with van der Waals surface area (Å²) in [7, 11) is 0. The van der Waals surface area contributed by atoms with E-state index in [0.717, 1.165) is 19.5 Å². The maximum Gasteiger partial charge on any atom is 0.130 e. The van der Waals surface area contributed by atoms with Gasteiger partial charge in [-0.2, -0.15) is 0 Å². The lowest BCUT2D eigenvalue weighted by atomic mass is 10.2. The molecule has 0 radical (unpaired) electrons. The van der Waals surface area contributed by atoms with Gasteiger partial charge in [-0.3, -0.25) is 0 Å². The van der Waals surface area contributed by atoms with Crippen molar-refractivity contribution >= 4 is 0 Å². The molecule has 1 saturated heterocycles. The van der Waals surface area contributed by atoms with E-state index in [0.29, 0.717) is 0 Å². The maximum absolute atomic E-state index is 13.3. The highest BCUT2D eigenvalue weighted by atomic mass is 19.1. The highest BCUT2D eigenvalue weighted by Crippen LogP contribution is 2.11. The normalized spacial score (nSPS) is 16.3. The third kappa shape index (κ3) is 3.75. The van der Waals surface area contributed by atoms with Gasteiger partial charge in [-0.15, -0.1) is 0 Å². The van der Waals surface area contributed by atoms with Gasteiger partial charge >= 0.3 is 0 Å². The van der Waals surface area contributed by atoms with Crippen molar-refractivity contribution < 1.29 is 8.78 Å². The van der Waals surface area contributed by atoms with E-state index in [-0.39, 0.29) is 12.1 Å². The van der Waals surface area contributed by atoms with E-state index >= 15 is 0 Å². The van der Waals surface area contributed by atoms with Gasteiger partial charge < -0.3 is 10.2 Å². The van der Waals surface area contributed by atoms with Gasteiger partial charge in [-0.05, 0) is 57.6 Å². The molecule has 0 spiro atoms. The molecule has 1 fully saturated rings. The fourth-order valence-electron chi connectivity index (χ4n) is 2.35. The lowest BCUT2D eigenvalue weighted by Crippen LogP contribution is -2.25. The minimum absolute atomic E-state index is 0.138. The Morgan fingerprint density at radius 2 is 1.78 bits per heavy atom. The fourth-order valence-corrected chi connectivity index (χ4v) is 2.35. The zero-order valence-corrected chi connectivity index (χ0v) is 10.6. The van der Waals surface area contributed by atoms with Crippen LogP contribution in [-0.2, 0) is 6.54 Å². The second-order valence-corrected chi connectivity index (χ2v) is 4.78. The van der Waals surface area contributed by atoms with Crippen molar-refractivity contribution in [2.24, 2.45) is 0 Å². The van der Waals surface area contributed by atoms with E-state index < -0.39 is 11.6 Å². The molecule has 0 amide bonds. The molecule has 1 aliphatic rings. The van der Waals surface area contributed by atoms with E-state index in [4.69, 9.17) is 0 Å². The predicted octanol–water partition coefficient (Wildman–Crippen LogP) is 2.54. The van der Waals surface area contributed by atoms with Crippen molar-refractivity contribution in [1.29, 1.82) is 0 Å². The van der Waals surface area contributed by atoms with Crippen molar-refractivity contribution in [3.8, 4) is 0 Å². The summed E-state index contributed by atoms with van der Waals surface area (Å²) in [6.07, 6.45) is 3.62. The average molecular weight is 254 g/mol. The third-order valence-corrected chi connectivity index (χ3v) is 3.39. The minimum Gasteiger partial charge on any atom is -0.312 e. The van der Waals surface area contributed by atoms with E-state index in [1.165, 1.54) is 44.1 Å². The van der Waals surface area contributed by atoms with Gasteiger partial charge in [0.25, 0.3) is 0 Å². The number of nitrogens with zero attached hydrogens (tertiary/aromatic N) is 1. The Bertz CT molecular complexity index is 356. The van der Waals surface area contributed by atoms with Crippen molar-refractivity contribution in [3.05, 3.63) is 35.4 Å². The summed E-state index contributed by atoms with van der Waals surface area (Å²) in [5, 5.41) is 3.10. The molecule has 1 aromatic rings. The van der Waals surface area contributed by atoms with Crippen LogP contribution >= 0.6 is 0 Å². The zero-order chi connectivity index (χ0) is 12.8. The summed E-state index contributed by atoms with van der Waals surface area (Å²) in [5.41, 5.74) is 0.138. The van der Waals surface area contributed by atoms with Crippen LogP contribution < -0.4 is 5.32 Å². The smallest absolute Gasteiger partial charge is 0.130 e. The summed E-state index contributed by atoms with van der Waals surface area (Å²) in [4.78, 5) is 2.44. The number of benzene rings is 1. The minimum atomic E-state index is -0.470. The standard InChI is InChI=1S/C14H20F2N2/c15-13-5-3-6-14(16)12(13)11-17-7-4-10-18-8-1-2-9-18/h3,5-6,17H,1-2,4,7-11H2. The monoisotopic (exact) mass is 254 g/mol. The Morgan fingerprint density at radius 1 is 1.11 bits per heavy atom. The molecule has 18 heavy (non-hydrogen) atoms. The number of likely N-dealkylation sites (tertiary alicyclic amines) is 1. The van der Waals surface area contributed by atoms with Crippen LogP contribution in [-0.4, -0.2) is 31.1 Å². The van der Waals surface area contributed by atoms with Gasteiger partial charge in [0.2, 0.25) is 0 Å². The van der Waals surface area contributed by atoms with Crippen LogP contribution in [0.5, 0.6) is 0 Å². The van der Waals surface area contributed by atoms with Crippen LogP contribution in [0.2, 0.25) is 0 Å². The van der Waals surface area contributed by atoms with Crippen LogP contribution in [0.4, 0.5) is 8.78 Å². The molecule has 1 aromatic carbocycles. The summed E-state index contributed by atoms with van der Waals surface area (Å²) < 4.78 is 26.6. The predicted molar refractivity (Wildman–Crippen MR) is 68.4 cm³/mol. The lowest BCUT2D eigenvalue weighted by Gasteiger charge is -2.14. The summed E-state index contributed by atoms with van der Waals surface area (Å²) in [6, 6.07) is 3.98. The first-order valence-corrected chi connectivity index (χ1v) is 6.63. The highest BCUT2D eigenvalue weighted by molar-refractivity contribution is 5.19. The Morgan fingerprint density at radius 3 is 2.44 bits per heavy atom. The van der Waals surface area contributed by atoms with Crippen molar-refractivity contribution in [3.63, 3.8) is 0 Å². The van der Waals surface area contributed by atoms with Crippen LogP contribution in [0.15, 0.2) is 18.2 Å². The summed E-state index contributed by atoms with van der Waals surface area (Å²) in [6.45, 7) is 4.53. The van der Waals surface area contributed by atoms with Crippen LogP contribution in [0.1, 0.15) is 24.8 Å². The first kappa shape index (κ1) is 13.4. The topological polar surface area (TPSA) is 15.3 Å². The van der Waals surface area contributed by atoms with E-state index in [1.807, 2.05) is 0 Å². The van der Waals surface area contributed by atoms with E-state index in [1.54, 1.807) is 0 Å². The molecule has 100 valence electrons. The summed E-state index contributed by atoms with van der Waals surface area (Å²) in [5.74, 6) is -0.941. The molecule has 0 aromatic heterocycles. The van der Waals surface area contributed by atoms with Gasteiger partial charge in [0, 0.05) is 12.1 Å². The number of halogens is 2. The van der Waals surface area contributed by atoms with Crippen LogP contribution in [0.25, 0.3) is 0 Å². The Labute approximate surface area is 107 Å². The first-order valence-electron chi connectivity index (χ1n) is 6.63. The quantitative estimate of drug-likeness (QED) is 0.785. The molecule has 0 bridgehead atoms. The first-order chi connectivity index (χ1) is 8.77. The molecule has 0 atom stereocenters. The molecule has 0 aliphatic carbocycles. The van der Waals surface area contributed by atoms with Gasteiger partial charge in [0.15, 0.2) is 0 Å². The number of rotatable bonds is 6. The number of hydrogen-bond donors (Lipinski definition) is 1. The molecule has 2 nitrogen and oxygen atoms in total. The SMILES string of the molecule is Fc1cccc(F)c1CNCCCN1CCCC1. The summed E-state index contributed by atoms with van der Waals surface area (Å²) >= 11 is 0. The molecule has 1 heterocycles. The molecule has 0 unspecified atom stereocenters. The Balaban J connectivity index is 1.65. The molecular weight excluding hydrogens is 234 g/mol. The highest BCUT2D eigenvalue weighted by Gasteiger charge is 2.10. The van der Waals surface area contributed by atoms with Crippen molar-refractivity contribution in [2.75, 3.05) is 26.2 Å². The third-order valence-electron chi connectivity index (χ3n) is 3.39. The van der Waals surface area contributed by atoms with Gasteiger partial charge in [-0.25, -0.2) is 8.78 Å². The van der Waals surface area contributed by atoms with Crippen LogP contribution in [0, 0.1) is 11.6 Å². The van der Waals surface area contributed by atoms with Crippen LogP contribution in [0.3, 0.4) is 0 Å². The number of hydrogen-bond acceptors (Lipinski definition) is 2. The fraction of sp³-hybridized carbons (Fsp3) is 0.571. The molecule has 4 heteroatoms. The lowest BCUT2D eigenvalue weighted by molar-refractivity contribution is 0.330. The van der Waals surface area contributed by atoms with Gasteiger partial charge in [0.05, 0.1) is 0 Å². The maximum atomic E-state index is 13.3. The molecule has 1 N–H and O–H groups in total. The average Bonchev–Trinajstić information content (AvgIpc) is 2.85. The van der Waals surface area contributed by atoms with Gasteiger partial charge in [0.1, 0.15) is 11.6 Å². The number of nitrogens with one attached hydrogen (secondary N) is 1. The van der Waals surface area contributed by atoms with E-state index in [2.05, 4.69) is 10.2 Å². The van der Waals surface area contributed by atoms with Gasteiger partial charge in [-0.1, -0.05) is 6.07 Å². The molecule has 0 saturated carbocycles. The van der Waals surface area contributed by atoms with Crippen molar-refractivity contribution in [1.82, 2.24) is 10.2 Å². The second kappa shape index (κ2) is 6.81. The largest absolute Gasteiger partial charge is 0.312 e. The molecular formula is C14H20F2N2. The Hall–Kier alpha value is -1.00. The zero-order valence-electron chi connectivity index (χ0n) is 10.6. The van der Waals surface area contributed by atoms with Crippen molar-refractivity contribution in [2.45, 2.75) is 25.8 Å². The van der Waals surface area contributed by atoms with E-state index in [9.17, 15) is 8.78 Å².